The van der Waals surface area contributed by atoms with Crippen LogP contribution < -0.4 is 10.6 Å². The molecule has 2 aliphatic heterocycles. The van der Waals surface area contributed by atoms with Gasteiger partial charge in [-0.25, -0.2) is 4.99 Å². The molecular formula is C52H37N5O. The molecule has 0 fully saturated rings. The number of fused-ring (bicyclic) bond motifs is 5. The molecule has 2 aliphatic rings. The molecule has 1 unspecified atom stereocenters. The lowest BCUT2D eigenvalue weighted by Crippen LogP contribution is -2.32. The Hall–Kier alpha value is -7.70. The molecule has 0 saturated carbocycles. The normalized spacial score (nSPS) is 15.2. The Morgan fingerprint density at radius 3 is 2.07 bits per heavy atom. The number of rotatable bonds is 7. The lowest BCUT2D eigenvalue weighted by molar-refractivity contribution is 0.636. The highest BCUT2D eigenvalue weighted by Crippen LogP contribution is 2.46. The van der Waals surface area contributed by atoms with Crippen LogP contribution in [0.2, 0.25) is 0 Å². The van der Waals surface area contributed by atoms with Crippen LogP contribution in [-0.2, 0) is 0 Å². The first-order valence-electron chi connectivity index (χ1n) is 19.6. The molecule has 0 spiro atoms. The molecule has 0 radical (unpaired) electrons. The molecule has 6 aromatic carbocycles. The molecule has 0 bridgehead atoms. The second-order valence-corrected chi connectivity index (χ2v) is 14.7. The molecule has 9 aromatic rings. The first kappa shape index (κ1) is 33.6. The third-order valence-corrected chi connectivity index (χ3v) is 11.2. The first-order chi connectivity index (χ1) is 28.8. The van der Waals surface area contributed by atoms with Gasteiger partial charge >= 0.3 is 0 Å². The van der Waals surface area contributed by atoms with E-state index in [2.05, 4.69) is 178 Å². The fourth-order valence-electron chi connectivity index (χ4n) is 8.43. The zero-order chi connectivity index (χ0) is 38.4. The molecule has 1 atom stereocenters. The van der Waals surface area contributed by atoms with Gasteiger partial charge in [0.15, 0.2) is 0 Å². The Kier molecular flexibility index (Phi) is 8.18. The molecule has 6 heteroatoms. The molecule has 0 aliphatic carbocycles. The van der Waals surface area contributed by atoms with E-state index < -0.39 is 0 Å². The first-order valence-corrected chi connectivity index (χ1v) is 19.6. The van der Waals surface area contributed by atoms with Gasteiger partial charge in [-0.2, -0.15) is 0 Å². The second-order valence-electron chi connectivity index (χ2n) is 14.7. The topological polar surface area (TPSA) is 67.4 Å². The summed E-state index contributed by atoms with van der Waals surface area (Å²) in [5, 5.41) is 10.4. The van der Waals surface area contributed by atoms with E-state index in [4.69, 9.17) is 9.41 Å². The van der Waals surface area contributed by atoms with E-state index in [-0.39, 0.29) is 6.04 Å². The van der Waals surface area contributed by atoms with Crippen LogP contribution in [-0.4, -0.2) is 21.9 Å². The Morgan fingerprint density at radius 2 is 1.31 bits per heavy atom. The number of hydrogen-bond acceptors (Lipinski definition) is 5. The number of nitrogens with zero attached hydrogens (tertiary/aromatic N) is 3. The van der Waals surface area contributed by atoms with E-state index in [0.717, 1.165) is 107 Å². The number of furan rings is 1. The number of aromatic nitrogens is 2. The highest BCUT2D eigenvalue weighted by Gasteiger charge is 2.24. The summed E-state index contributed by atoms with van der Waals surface area (Å²) < 4.78 is 9.35. The van der Waals surface area contributed by atoms with Crippen LogP contribution in [0.4, 0.5) is 0 Å². The van der Waals surface area contributed by atoms with Gasteiger partial charge in [-0.3, -0.25) is 4.98 Å². The molecule has 5 heterocycles. The molecule has 0 amide bonds. The van der Waals surface area contributed by atoms with Gasteiger partial charge in [-0.1, -0.05) is 121 Å². The molecule has 11 rings (SSSR count). The van der Waals surface area contributed by atoms with Gasteiger partial charge in [0.05, 0.1) is 28.2 Å². The summed E-state index contributed by atoms with van der Waals surface area (Å²) in [4.78, 5) is 9.33. The molecule has 6 nitrogen and oxygen atoms in total. The van der Waals surface area contributed by atoms with Gasteiger partial charge in [-0.05, 0) is 88.6 Å². The summed E-state index contributed by atoms with van der Waals surface area (Å²) in [7, 11) is 0. The van der Waals surface area contributed by atoms with E-state index in [1.54, 1.807) is 0 Å². The summed E-state index contributed by atoms with van der Waals surface area (Å²) in [6.45, 7) is 0.760. The number of nitrogens with one attached hydrogen (secondary N) is 2. The van der Waals surface area contributed by atoms with E-state index in [0.29, 0.717) is 0 Å². The largest absolute Gasteiger partial charge is 0.455 e. The number of pyridine rings is 1. The van der Waals surface area contributed by atoms with Crippen LogP contribution in [0.15, 0.2) is 210 Å². The molecule has 2 N–H and O–H groups in total. The van der Waals surface area contributed by atoms with Crippen molar-refractivity contribution in [3.63, 3.8) is 0 Å². The monoisotopic (exact) mass is 747 g/mol. The van der Waals surface area contributed by atoms with Gasteiger partial charge in [0.25, 0.3) is 0 Å². The van der Waals surface area contributed by atoms with E-state index in [1.165, 1.54) is 0 Å². The Balaban J connectivity index is 1.01. The molecule has 58 heavy (non-hydrogen) atoms. The zero-order valence-electron chi connectivity index (χ0n) is 31.5. The number of benzene rings is 6. The average molecular weight is 748 g/mol. The fraction of sp³-hybridized carbons (Fsp3) is 0.0385. The van der Waals surface area contributed by atoms with Crippen molar-refractivity contribution in [1.29, 1.82) is 0 Å². The summed E-state index contributed by atoms with van der Waals surface area (Å²) in [5.41, 5.74) is 14.0. The van der Waals surface area contributed by atoms with Crippen molar-refractivity contribution in [2.24, 2.45) is 4.99 Å². The fourth-order valence-corrected chi connectivity index (χ4v) is 8.43. The summed E-state index contributed by atoms with van der Waals surface area (Å²) in [5.74, 6) is 1.74. The van der Waals surface area contributed by atoms with E-state index in [1.807, 2.05) is 36.8 Å². The van der Waals surface area contributed by atoms with Gasteiger partial charge in [-0.15, -0.1) is 0 Å². The Bertz CT molecular complexity index is 3100. The van der Waals surface area contributed by atoms with Gasteiger partial charge in [0, 0.05) is 52.1 Å². The van der Waals surface area contributed by atoms with E-state index in [9.17, 15) is 0 Å². The van der Waals surface area contributed by atoms with Crippen LogP contribution in [0.3, 0.4) is 0 Å². The smallest absolute Gasteiger partial charge is 0.145 e. The number of amidine groups is 1. The van der Waals surface area contributed by atoms with Crippen LogP contribution in [0, 0.1) is 0 Å². The lowest BCUT2D eigenvalue weighted by Gasteiger charge is -2.26. The molecule has 0 saturated heterocycles. The third kappa shape index (κ3) is 5.82. The Labute approximate surface area is 335 Å². The predicted octanol–water partition coefficient (Wildman–Crippen LogP) is 12.1. The van der Waals surface area contributed by atoms with Gasteiger partial charge < -0.3 is 19.6 Å². The summed E-state index contributed by atoms with van der Waals surface area (Å²) in [6.07, 6.45) is 12.1. The predicted molar refractivity (Wildman–Crippen MR) is 238 cm³/mol. The highest BCUT2D eigenvalue weighted by molar-refractivity contribution is 6.22. The molecular weight excluding hydrogens is 711 g/mol. The van der Waals surface area contributed by atoms with Crippen molar-refractivity contribution in [3.8, 4) is 39.3 Å². The summed E-state index contributed by atoms with van der Waals surface area (Å²) in [6, 6.07) is 55.7. The number of aliphatic imine (C=N–C) groups is 1. The SMILES string of the molecule is C1=CC(C2=NC(c3ccc(-c4ccncc4)cc3)=CC(c3ccc(-n4c5ccccc5c5c6oc(-c7ccccc7)c(-c7ccccc7)c6ccc54)cc3)N2)=CCN1. The standard InChI is InChI=1S/C52H37N5O/c1-3-9-38(10-4-1)48-43-23-24-47-49(51(43)58-50(48)39-11-5-2-6-12-39)42-13-7-8-14-46(42)57(47)41-21-19-37(20-22-41)45-33-44(55-52(56-45)40-27-31-54-32-28-40)36-17-15-34(16-18-36)35-25-29-53-30-26-35/h1-31,33,45,54H,32H2,(H,55,56). The average Bonchev–Trinajstić information content (AvgIpc) is 3.87. The van der Waals surface area contributed by atoms with Crippen molar-refractivity contribution in [2.75, 3.05) is 6.54 Å². The summed E-state index contributed by atoms with van der Waals surface area (Å²) >= 11 is 0. The van der Waals surface area contributed by atoms with Crippen molar-refractivity contribution in [3.05, 3.63) is 211 Å². The number of hydrogen-bond donors (Lipinski definition) is 2. The second kappa shape index (κ2) is 14.1. The van der Waals surface area contributed by atoms with E-state index >= 15 is 0 Å². The maximum atomic E-state index is 6.99. The third-order valence-electron chi connectivity index (χ3n) is 11.2. The van der Waals surface area contributed by atoms with Crippen LogP contribution in [0.25, 0.3) is 77.7 Å². The molecule has 276 valence electrons. The van der Waals surface area contributed by atoms with Crippen LogP contribution in [0.1, 0.15) is 17.2 Å². The minimum atomic E-state index is -0.0886. The van der Waals surface area contributed by atoms with Crippen molar-refractivity contribution in [1.82, 2.24) is 20.2 Å². The minimum Gasteiger partial charge on any atom is -0.455 e. The quantitative estimate of drug-likeness (QED) is 0.170. The Morgan fingerprint density at radius 1 is 0.603 bits per heavy atom. The van der Waals surface area contributed by atoms with Crippen molar-refractivity contribution >= 4 is 44.3 Å². The minimum absolute atomic E-state index is 0.0886. The lowest BCUT2D eigenvalue weighted by atomic mass is 9.98. The van der Waals surface area contributed by atoms with Crippen molar-refractivity contribution < 1.29 is 4.42 Å². The van der Waals surface area contributed by atoms with Gasteiger partial charge in [0.1, 0.15) is 17.2 Å². The van der Waals surface area contributed by atoms with Crippen LogP contribution in [0.5, 0.6) is 0 Å². The van der Waals surface area contributed by atoms with Crippen LogP contribution >= 0.6 is 0 Å². The number of para-hydroxylation sites is 1. The maximum Gasteiger partial charge on any atom is 0.145 e. The molecule has 3 aromatic heterocycles. The maximum absolute atomic E-state index is 6.99. The van der Waals surface area contributed by atoms with Crippen molar-refractivity contribution in [2.45, 2.75) is 6.04 Å². The highest BCUT2D eigenvalue weighted by atomic mass is 16.3. The zero-order valence-corrected chi connectivity index (χ0v) is 31.5. The van der Waals surface area contributed by atoms with Gasteiger partial charge in [0.2, 0.25) is 0 Å². The number of dihydropyridines is 1.